The summed E-state index contributed by atoms with van der Waals surface area (Å²) in [5.74, 6) is -3.75. The number of para-hydroxylation sites is 1. The Morgan fingerprint density at radius 3 is 2.79 bits per heavy atom. The lowest BCUT2D eigenvalue weighted by molar-refractivity contribution is -0.159. The van der Waals surface area contributed by atoms with Crippen molar-refractivity contribution in [1.82, 2.24) is 30.1 Å². The molecule has 1 aromatic carbocycles. The SMILES string of the molecule is C[C@@H]1CNC(=O)CC/C=C\[C@H]2O[C@]34C=CCN(Cn5nnc6ccccc65)C(=O)[C@H]3N([C@H](C)CO)C(=O)[C@@H]4[C@H]2C(=O)O1. The molecule has 0 bridgehead atoms. The number of aliphatic hydroxyl groups is 1. The van der Waals surface area contributed by atoms with E-state index in [1.54, 1.807) is 47.7 Å². The molecule has 2 N–H and O–H groups in total. The summed E-state index contributed by atoms with van der Waals surface area (Å²) in [4.78, 5) is 57.3. The van der Waals surface area contributed by atoms with Crippen LogP contribution in [0, 0.1) is 11.8 Å². The van der Waals surface area contributed by atoms with Gasteiger partial charge >= 0.3 is 5.97 Å². The Labute approximate surface area is 242 Å². The quantitative estimate of drug-likeness (QED) is 0.381. The molecule has 3 amide bonds. The minimum Gasteiger partial charge on any atom is -0.460 e. The zero-order valence-electron chi connectivity index (χ0n) is 23.5. The van der Waals surface area contributed by atoms with Gasteiger partial charge in [-0.05, 0) is 32.4 Å². The van der Waals surface area contributed by atoms with Crippen molar-refractivity contribution < 1.29 is 33.8 Å². The second-order valence-electron chi connectivity index (χ2n) is 11.3. The molecule has 6 rings (SSSR count). The van der Waals surface area contributed by atoms with Crippen LogP contribution in [-0.2, 0) is 35.3 Å². The summed E-state index contributed by atoms with van der Waals surface area (Å²) in [6.07, 6.45) is 6.10. The molecule has 4 aliphatic rings. The van der Waals surface area contributed by atoms with Crippen LogP contribution in [0.2, 0.25) is 0 Å². The van der Waals surface area contributed by atoms with E-state index in [0.717, 1.165) is 5.52 Å². The van der Waals surface area contributed by atoms with Crippen LogP contribution in [0.3, 0.4) is 0 Å². The fourth-order valence-electron chi connectivity index (χ4n) is 6.52. The van der Waals surface area contributed by atoms with Crippen molar-refractivity contribution in [1.29, 1.82) is 0 Å². The van der Waals surface area contributed by atoms with E-state index < -0.39 is 59.5 Å². The van der Waals surface area contributed by atoms with E-state index in [1.165, 1.54) is 4.90 Å². The third-order valence-electron chi connectivity index (χ3n) is 8.52. The number of aliphatic hydroxyl groups excluding tert-OH is 1. The monoisotopic (exact) mass is 578 g/mol. The Morgan fingerprint density at radius 2 is 1.98 bits per heavy atom. The number of cyclic esters (lactones) is 1. The third-order valence-corrected chi connectivity index (χ3v) is 8.52. The highest BCUT2D eigenvalue weighted by molar-refractivity contribution is 5.99. The van der Waals surface area contributed by atoms with Crippen LogP contribution >= 0.6 is 0 Å². The molecular formula is C29H34N6O7. The zero-order chi connectivity index (χ0) is 29.6. The van der Waals surface area contributed by atoms with E-state index in [0.29, 0.717) is 11.9 Å². The van der Waals surface area contributed by atoms with Crippen LogP contribution in [0.1, 0.15) is 26.7 Å². The van der Waals surface area contributed by atoms with Gasteiger partial charge in [0.25, 0.3) is 5.91 Å². The Kier molecular flexibility index (Phi) is 7.31. The maximum atomic E-state index is 14.4. The average Bonchev–Trinajstić information content (AvgIpc) is 3.57. The summed E-state index contributed by atoms with van der Waals surface area (Å²) in [6, 6.07) is 5.54. The average molecular weight is 579 g/mol. The Hall–Kier alpha value is -4.10. The zero-order valence-corrected chi connectivity index (χ0v) is 23.5. The molecule has 7 atom stereocenters. The van der Waals surface area contributed by atoms with Gasteiger partial charge < -0.3 is 29.7 Å². The number of benzene rings is 1. The van der Waals surface area contributed by atoms with Gasteiger partial charge in [0, 0.05) is 13.0 Å². The minimum atomic E-state index is -1.48. The predicted molar refractivity (Wildman–Crippen MR) is 147 cm³/mol. The van der Waals surface area contributed by atoms with Crippen LogP contribution in [-0.4, -0.2) is 103 Å². The molecule has 5 heterocycles. The molecule has 0 saturated carbocycles. The summed E-state index contributed by atoms with van der Waals surface area (Å²) < 4.78 is 13.9. The number of amides is 3. The van der Waals surface area contributed by atoms with Gasteiger partial charge in [0.05, 0.1) is 36.7 Å². The first-order valence-corrected chi connectivity index (χ1v) is 14.2. The van der Waals surface area contributed by atoms with Crippen LogP contribution in [0.5, 0.6) is 0 Å². The highest BCUT2D eigenvalue weighted by Gasteiger charge is 2.72. The minimum absolute atomic E-state index is 0.0732. The van der Waals surface area contributed by atoms with Gasteiger partial charge in [-0.2, -0.15) is 0 Å². The molecule has 0 radical (unpaired) electrons. The molecule has 222 valence electrons. The lowest BCUT2D eigenvalue weighted by Crippen LogP contribution is -2.57. The molecule has 4 aliphatic heterocycles. The van der Waals surface area contributed by atoms with Crippen LogP contribution < -0.4 is 5.32 Å². The van der Waals surface area contributed by atoms with Crippen molar-refractivity contribution in [3.63, 3.8) is 0 Å². The number of rotatable bonds is 4. The third kappa shape index (κ3) is 4.56. The summed E-state index contributed by atoms with van der Waals surface area (Å²) in [7, 11) is 0. The highest BCUT2D eigenvalue weighted by Crippen LogP contribution is 2.53. The number of nitrogens with one attached hydrogen (secondary N) is 1. The van der Waals surface area contributed by atoms with Gasteiger partial charge in [0.2, 0.25) is 11.8 Å². The number of esters is 1. The molecule has 1 aromatic heterocycles. The summed E-state index contributed by atoms with van der Waals surface area (Å²) in [5, 5.41) is 21.3. The second-order valence-corrected chi connectivity index (χ2v) is 11.3. The number of hydrogen-bond acceptors (Lipinski definition) is 9. The second kappa shape index (κ2) is 11.0. The standard InChI is InChI=1S/C29H34N6O7/c1-17(15-36)35-25-27(39)33(16-34-20-9-4-3-8-19(20)31-32-34)13-7-12-29(25)24(26(35)38)23-21(42-29)10-5-6-11-22(37)30-14-18(2)41-28(23)40/h3-5,7-10,12,17-18,21,23-25,36H,6,11,13-16H2,1-2H3,(H,30,37)/b10-5-/t17-,18-,21-,23+,24+,25-,29+/m1/s1. The first-order valence-electron chi connectivity index (χ1n) is 14.2. The first-order chi connectivity index (χ1) is 20.2. The maximum absolute atomic E-state index is 14.4. The number of hydrogen-bond donors (Lipinski definition) is 2. The Balaban J connectivity index is 1.40. The number of fused-ring (bicyclic) bond motifs is 3. The number of aromatic nitrogens is 3. The fourth-order valence-corrected chi connectivity index (χ4v) is 6.52. The number of carbonyl (C=O) groups excluding carboxylic acids is 4. The van der Waals surface area contributed by atoms with E-state index in [4.69, 9.17) is 9.47 Å². The molecule has 42 heavy (non-hydrogen) atoms. The molecule has 0 aliphatic carbocycles. The normalized spacial score (nSPS) is 33.2. The smallest absolute Gasteiger partial charge is 0.313 e. The Morgan fingerprint density at radius 1 is 1.17 bits per heavy atom. The molecule has 13 heteroatoms. The van der Waals surface area contributed by atoms with E-state index in [1.807, 2.05) is 24.3 Å². The van der Waals surface area contributed by atoms with Crippen LogP contribution in [0.4, 0.5) is 0 Å². The van der Waals surface area contributed by atoms with Crippen molar-refractivity contribution in [2.75, 3.05) is 19.7 Å². The van der Waals surface area contributed by atoms with Gasteiger partial charge in [-0.3, -0.25) is 19.2 Å². The number of likely N-dealkylation sites (tertiary alicyclic amines) is 1. The summed E-state index contributed by atoms with van der Waals surface area (Å²) in [6.45, 7) is 3.36. The number of carbonyl (C=O) groups is 4. The summed E-state index contributed by atoms with van der Waals surface area (Å²) in [5.41, 5.74) is -0.0464. The molecule has 2 saturated heterocycles. The first kappa shape index (κ1) is 28.0. The maximum Gasteiger partial charge on any atom is 0.313 e. The van der Waals surface area contributed by atoms with Gasteiger partial charge in [-0.1, -0.05) is 41.7 Å². The topological polar surface area (TPSA) is 156 Å². The lowest BCUT2D eigenvalue weighted by Gasteiger charge is -2.37. The fraction of sp³-hybridized carbons (Fsp3) is 0.517. The molecule has 2 fully saturated rings. The van der Waals surface area contributed by atoms with Crippen molar-refractivity contribution >= 4 is 34.7 Å². The summed E-state index contributed by atoms with van der Waals surface area (Å²) >= 11 is 0. The lowest BCUT2D eigenvalue weighted by atomic mass is 9.78. The van der Waals surface area contributed by atoms with E-state index >= 15 is 0 Å². The molecule has 1 spiro atoms. The van der Waals surface area contributed by atoms with Gasteiger partial charge in [-0.25, -0.2) is 4.68 Å². The van der Waals surface area contributed by atoms with Gasteiger partial charge in [0.15, 0.2) is 0 Å². The molecular weight excluding hydrogens is 544 g/mol. The molecule has 13 nitrogen and oxygen atoms in total. The largest absolute Gasteiger partial charge is 0.460 e. The van der Waals surface area contributed by atoms with Crippen molar-refractivity contribution in [2.45, 2.75) is 63.3 Å². The highest BCUT2D eigenvalue weighted by atomic mass is 16.6. The van der Waals surface area contributed by atoms with Crippen molar-refractivity contribution in [3.8, 4) is 0 Å². The van der Waals surface area contributed by atoms with Crippen molar-refractivity contribution in [2.24, 2.45) is 11.8 Å². The van der Waals surface area contributed by atoms with E-state index in [2.05, 4.69) is 15.6 Å². The van der Waals surface area contributed by atoms with E-state index in [-0.39, 0.29) is 38.7 Å². The molecule has 2 aromatic rings. The van der Waals surface area contributed by atoms with Crippen molar-refractivity contribution in [3.05, 3.63) is 48.6 Å². The van der Waals surface area contributed by atoms with Crippen LogP contribution in [0.15, 0.2) is 48.6 Å². The number of nitrogens with zero attached hydrogens (tertiary/aromatic N) is 5. The number of ether oxygens (including phenoxy) is 2. The predicted octanol–water partition coefficient (Wildman–Crippen LogP) is 0.147. The molecule has 0 unspecified atom stereocenters. The van der Waals surface area contributed by atoms with Gasteiger partial charge in [0.1, 0.15) is 35.9 Å². The Bertz CT molecular complexity index is 1470. The number of allylic oxidation sites excluding steroid dienone is 1. The van der Waals surface area contributed by atoms with Gasteiger partial charge in [-0.15, -0.1) is 5.10 Å². The van der Waals surface area contributed by atoms with E-state index in [9.17, 15) is 24.3 Å². The van der Waals surface area contributed by atoms with Crippen LogP contribution in [0.25, 0.3) is 11.0 Å².